The second-order valence-electron chi connectivity index (χ2n) is 5.53. The van der Waals surface area contributed by atoms with E-state index in [0.29, 0.717) is 36.3 Å². The van der Waals surface area contributed by atoms with Crippen LogP contribution in [-0.4, -0.2) is 43.4 Å². The Labute approximate surface area is 145 Å². The number of hydrogen-bond donors (Lipinski definition) is 2. The molecule has 0 aliphatic carbocycles. The number of carbonyl (C=O) groups excluding carboxylic acids is 1. The first-order chi connectivity index (χ1) is 12.2. The number of methoxy groups -OCH3 is 1. The van der Waals surface area contributed by atoms with Crippen molar-refractivity contribution in [3.63, 3.8) is 0 Å². The lowest BCUT2D eigenvalue weighted by atomic mass is 9.99. The van der Waals surface area contributed by atoms with Crippen LogP contribution in [0.5, 0.6) is 17.2 Å². The molecule has 0 saturated carbocycles. The van der Waals surface area contributed by atoms with Crippen LogP contribution in [-0.2, 0) is 4.74 Å². The molecule has 3 rings (SSSR count). The van der Waals surface area contributed by atoms with Crippen LogP contribution >= 0.6 is 0 Å². The minimum Gasteiger partial charge on any atom is -0.495 e. The molecule has 1 fully saturated rings. The predicted octanol–water partition coefficient (Wildman–Crippen LogP) is 2.53. The summed E-state index contributed by atoms with van der Waals surface area (Å²) < 4.78 is 16.7. The van der Waals surface area contributed by atoms with Gasteiger partial charge in [-0.15, -0.1) is 0 Å². The summed E-state index contributed by atoms with van der Waals surface area (Å²) in [7, 11) is 3.11. The van der Waals surface area contributed by atoms with E-state index in [1.54, 1.807) is 44.9 Å². The summed E-state index contributed by atoms with van der Waals surface area (Å²) in [4.78, 5) is 19.9. The Kier molecular flexibility index (Phi) is 5.30. The van der Waals surface area contributed by atoms with Crippen molar-refractivity contribution in [1.82, 2.24) is 15.3 Å². The normalized spacial score (nSPS) is 16.3. The topological polar surface area (TPSA) is 94.6 Å². The van der Waals surface area contributed by atoms with E-state index in [9.17, 15) is 4.79 Å². The van der Waals surface area contributed by atoms with Gasteiger partial charge in [0, 0.05) is 43.5 Å². The molecule has 0 aromatic carbocycles. The van der Waals surface area contributed by atoms with Crippen molar-refractivity contribution in [2.24, 2.45) is 0 Å². The zero-order chi connectivity index (χ0) is 17.6. The van der Waals surface area contributed by atoms with Crippen molar-refractivity contribution in [2.45, 2.75) is 12.3 Å². The van der Waals surface area contributed by atoms with Gasteiger partial charge >= 0.3 is 6.03 Å². The quantitative estimate of drug-likeness (QED) is 0.865. The van der Waals surface area contributed by atoms with Gasteiger partial charge in [-0.2, -0.15) is 0 Å². The van der Waals surface area contributed by atoms with Crippen LogP contribution in [0.3, 0.4) is 0 Å². The Morgan fingerprint density at radius 3 is 2.84 bits per heavy atom. The molecule has 132 valence electrons. The smallest absolute Gasteiger partial charge is 0.320 e. The highest BCUT2D eigenvalue weighted by Crippen LogP contribution is 2.36. The zero-order valence-corrected chi connectivity index (χ0v) is 14.1. The summed E-state index contributed by atoms with van der Waals surface area (Å²) in [6.45, 7) is 1.33. The van der Waals surface area contributed by atoms with Gasteiger partial charge < -0.3 is 19.5 Å². The molecule has 0 spiro atoms. The summed E-state index contributed by atoms with van der Waals surface area (Å²) in [5.74, 6) is 2.34. The fraction of sp³-hybridized carbons (Fsp3) is 0.353. The molecule has 0 bridgehead atoms. The molecule has 1 aliphatic heterocycles. The number of hydrogen-bond acceptors (Lipinski definition) is 6. The van der Waals surface area contributed by atoms with Gasteiger partial charge in [-0.3, -0.25) is 10.3 Å². The van der Waals surface area contributed by atoms with Crippen molar-refractivity contribution in [3.05, 3.63) is 36.3 Å². The third-order valence-electron chi connectivity index (χ3n) is 3.88. The van der Waals surface area contributed by atoms with E-state index in [-0.39, 0.29) is 11.9 Å². The second-order valence-corrected chi connectivity index (χ2v) is 5.53. The molecule has 1 atom stereocenters. The Bertz CT molecular complexity index is 747. The molecule has 2 amide bonds. The Morgan fingerprint density at radius 1 is 1.28 bits per heavy atom. The van der Waals surface area contributed by atoms with Crippen LogP contribution in [0.25, 0.3) is 0 Å². The Balaban J connectivity index is 1.91. The lowest BCUT2D eigenvalue weighted by Gasteiger charge is -2.16. The van der Waals surface area contributed by atoms with Crippen LogP contribution in [0.15, 0.2) is 30.7 Å². The molecule has 2 aromatic rings. The fourth-order valence-corrected chi connectivity index (χ4v) is 2.56. The van der Waals surface area contributed by atoms with E-state index in [0.717, 1.165) is 12.0 Å². The number of urea groups is 1. The molecule has 3 heterocycles. The number of nitrogens with zero attached hydrogens (tertiary/aromatic N) is 2. The summed E-state index contributed by atoms with van der Waals surface area (Å²) in [6, 6.07) is 3.09. The van der Waals surface area contributed by atoms with Gasteiger partial charge in [0.2, 0.25) is 0 Å². The minimum absolute atomic E-state index is 0.204. The van der Waals surface area contributed by atoms with Gasteiger partial charge in [-0.25, -0.2) is 9.78 Å². The Hall–Kier alpha value is -2.87. The molecule has 1 aliphatic rings. The van der Waals surface area contributed by atoms with E-state index in [1.807, 2.05) is 0 Å². The van der Waals surface area contributed by atoms with Gasteiger partial charge in [0.1, 0.15) is 23.1 Å². The number of carbonyl (C=O) groups is 1. The van der Waals surface area contributed by atoms with Crippen LogP contribution < -0.4 is 20.1 Å². The first-order valence-electron chi connectivity index (χ1n) is 7.93. The van der Waals surface area contributed by atoms with Gasteiger partial charge in [-0.05, 0) is 6.42 Å². The average Bonchev–Trinajstić information content (AvgIpc) is 3.16. The molecule has 8 heteroatoms. The maximum atomic E-state index is 11.5. The van der Waals surface area contributed by atoms with Crippen LogP contribution in [0, 0.1) is 0 Å². The van der Waals surface area contributed by atoms with Gasteiger partial charge in [0.25, 0.3) is 0 Å². The Morgan fingerprint density at radius 2 is 2.12 bits per heavy atom. The van der Waals surface area contributed by atoms with E-state index in [4.69, 9.17) is 14.2 Å². The largest absolute Gasteiger partial charge is 0.495 e. The van der Waals surface area contributed by atoms with Crippen LogP contribution in [0.2, 0.25) is 0 Å². The first-order valence-corrected chi connectivity index (χ1v) is 7.93. The van der Waals surface area contributed by atoms with Gasteiger partial charge in [0.05, 0.1) is 26.1 Å². The monoisotopic (exact) mass is 344 g/mol. The van der Waals surface area contributed by atoms with Crippen molar-refractivity contribution >= 4 is 11.8 Å². The fourth-order valence-electron chi connectivity index (χ4n) is 2.56. The summed E-state index contributed by atoms with van der Waals surface area (Å²) >= 11 is 0. The van der Waals surface area contributed by atoms with Crippen LogP contribution in [0.4, 0.5) is 10.6 Å². The van der Waals surface area contributed by atoms with Gasteiger partial charge in [0.15, 0.2) is 0 Å². The molecule has 8 nitrogen and oxygen atoms in total. The molecular formula is C17H20N4O4. The van der Waals surface area contributed by atoms with E-state index >= 15 is 0 Å². The maximum Gasteiger partial charge on any atom is 0.320 e. The molecule has 1 saturated heterocycles. The maximum absolute atomic E-state index is 11.5. The van der Waals surface area contributed by atoms with Crippen molar-refractivity contribution < 1.29 is 19.0 Å². The van der Waals surface area contributed by atoms with Crippen molar-refractivity contribution in [2.75, 3.05) is 32.7 Å². The van der Waals surface area contributed by atoms with Crippen molar-refractivity contribution in [3.8, 4) is 17.2 Å². The zero-order valence-electron chi connectivity index (χ0n) is 14.1. The highest BCUT2D eigenvalue weighted by Gasteiger charge is 2.23. The molecule has 2 aromatic heterocycles. The summed E-state index contributed by atoms with van der Waals surface area (Å²) in [5, 5.41) is 5.14. The third kappa shape index (κ3) is 4.16. The first kappa shape index (κ1) is 17.0. The van der Waals surface area contributed by atoms with E-state index in [2.05, 4.69) is 20.6 Å². The second kappa shape index (κ2) is 7.80. The van der Waals surface area contributed by atoms with E-state index < -0.39 is 0 Å². The average molecular weight is 344 g/mol. The standard InChI is InChI=1S/C17H20N4O4/c1-18-17(22)21-16-6-15(14(9-20-16)11-3-4-24-10-11)25-13-5-12(23-2)7-19-8-13/h5-9,11H,3-4,10H2,1-2H3,(H2,18,20,21,22)/t11-/m1/s1. The predicted molar refractivity (Wildman–Crippen MR) is 91.4 cm³/mol. The molecule has 0 unspecified atom stereocenters. The number of amides is 2. The van der Waals surface area contributed by atoms with Crippen molar-refractivity contribution in [1.29, 1.82) is 0 Å². The third-order valence-corrected chi connectivity index (χ3v) is 3.88. The van der Waals surface area contributed by atoms with Crippen LogP contribution in [0.1, 0.15) is 17.9 Å². The van der Waals surface area contributed by atoms with Gasteiger partial charge in [-0.1, -0.05) is 0 Å². The number of nitrogens with one attached hydrogen (secondary N) is 2. The minimum atomic E-state index is -0.349. The highest BCUT2D eigenvalue weighted by atomic mass is 16.5. The molecule has 0 radical (unpaired) electrons. The highest BCUT2D eigenvalue weighted by molar-refractivity contribution is 5.88. The number of aromatic nitrogens is 2. The number of ether oxygens (including phenoxy) is 3. The number of anilines is 1. The summed E-state index contributed by atoms with van der Waals surface area (Å²) in [6.07, 6.45) is 5.82. The molecule has 25 heavy (non-hydrogen) atoms. The number of pyridine rings is 2. The SMILES string of the molecule is CNC(=O)Nc1cc(Oc2cncc(OC)c2)c([C@@H]2CCOC2)cn1. The molecular weight excluding hydrogens is 324 g/mol. The van der Waals surface area contributed by atoms with E-state index in [1.165, 1.54) is 0 Å². The lowest BCUT2D eigenvalue weighted by Crippen LogP contribution is -2.25. The lowest BCUT2D eigenvalue weighted by molar-refractivity contribution is 0.193. The summed E-state index contributed by atoms with van der Waals surface area (Å²) in [5.41, 5.74) is 0.933. The molecule has 2 N–H and O–H groups in total. The number of rotatable bonds is 5.